The molecule has 0 aliphatic rings. The lowest BCUT2D eigenvalue weighted by molar-refractivity contribution is -0.654. The molecule has 0 atom stereocenters. The van der Waals surface area contributed by atoms with E-state index >= 15 is 0 Å². The number of fused-ring (bicyclic) bond motifs is 1. The van der Waals surface area contributed by atoms with Crippen LogP contribution in [0.15, 0.2) is 29.8 Å². The van der Waals surface area contributed by atoms with Crippen molar-refractivity contribution in [2.24, 2.45) is 0 Å². The number of rotatable bonds is 6. The van der Waals surface area contributed by atoms with Gasteiger partial charge in [0.1, 0.15) is 4.70 Å². The maximum Gasteiger partial charge on any atom is 0.288 e. The van der Waals surface area contributed by atoms with Crippen molar-refractivity contribution in [1.29, 1.82) is 0 Å². The Morgan fingerprint density at radius 1 is 1.20 bits per heavy atom. The largest absolute Gasteiger partial charge is 1.00 e. The van der Waals surface area contributed by atoms with Gasteiger partial charge in [-0.2, -0.15) is 4.57 Å². The molecule has 20 heavy (non-hydrogen) atoms. The zero-order chi connectivity index (χ0) is 13.7. The van der Waals surface area contributed by atoms with Crippen LogP contribution < -0.4 is 21.5 Å². The van der Waals surface area contributed by atoms with Crippen LogP contribution in [0.25, 0.3) is 10.2 Å². The highest BCUT2D eigenvalue weighted by molar-refractivity contribution is 7.16. The molecule has 2 rings (SSSR count). The van der Waals surface area contributed by atoms with Crippen molar-refractivity contribution >= 4 is 27.5 Å². The second-order valence-electron chi connectivity index (χ2n) is 4.70. The predicted octanol–water partition coefficient (Wildman–Crippen LogP) is -0.159. The molecule has 0 aliphatic heterocycles. The Morgan fingerprint density at radius 3 is 2.50 bits per heavy atom. The quantitative estimate of drug-likeness (QED) is 0.660. The van der Waals surface area contributed by atoms with Gasteiger partial charge < -0.3 is 21.9 Å². The summed E-state index contributed by atoms with van der Waals surface area (Å²) < 4.78 is 3.29. The number of thiazole rings is 1. The third kappa shape index (κ3) is 4.03. The Hall–Kier alpha value is -0.940. The van der Waals surface area contributed by atoms with Crippen molar-refractivity contribution in [3.63, 3.8) is 0 Å². The number of para-hydroxylation sites is 1. The van der Waals surface area contributed by atoms with Gasteiger partial charge >= 0.3 is 0 Å². The van der Waals surface area contributed by atoms with Crippen LogP contribution in [0.1, 0.15) is 26.7 Å². The number of hydrogen-bond acceptors (Lipinski definition) is 2. The van der Waals surface area contributed by atoms with Crippen molar-refractivity contribution in [3.05, 3.63) is 29.8 Å². The van der Waals surface area contributed by atoms with Crippen LogP contribution in [-0.4, -0.2) is 23.9 Å². The number of nitrogens with zero attached hydrogens (tertiary/aromatic N) is 2. The third-order valence-corrected chi connectivity index (χ3v) is 4.09. The molecule has 0 saturated heterocycles. The molecule has 0 spiro atoms. The molecule has 1 heterocycles. The van der Waals surface area contributed by atoms with Crippen LogP contribution in [-0.2, 0) is 11.3 Å². The zero-order valence-electron chi connectivity index (χ0n) is 12.0. The lowest BCUT2D eigenvalue weighted by atomic mass is 10.3. The monoisotopic (exact) mass is 356 g/mol. The summed E-state index contributed by atoms with van der Waals surface area (Å²) in [7, 11) is 0. The van der Waals surface area contributed by atoms with Crippen molar-refractivity contribution in [3.8, 4) is 0 Å². The highest BCUT2D eigenvalue weighted by Crippen LogP contribution is 2.15. The first-order valence-corrected chi connectivity index (χ1v) is 7.77. The maximum atomic E-state index is 12.3. The van der Waals surface area contributed by atoms with Gasteiger partial charge in [-0.05, 0) is 18.9 Å². The number of amides is 1. The SMILES string of the molecule is CCCN(CCC)C(=O)C[n+]1csc2ccccc21.[Br-]. The van der Waals surface area contributed by atoms with Crippen LogP contribution in [0.2, 0.25) is 0 Å². The Kier molecular flexibility index (Phi) is 7.16. The molecule has 3 nitrogen and oxygen atoms in total. The van der Waals surface area contributed by atoms with Gasteiger partial charge in [0.25, 0.3) is 5.91 Å². The first kappa shape index (κ1) is 17.1. The van der Waals surface area contributed by atoms with E-state index in [1.807, 2.05) is 22.5 Å². The van der Waals surface area contributed by atoms with E-state index in [2.05, 4.69) is 30.5 Å². The van der Waals surface area contributed by atoms with E-state index < -0.39 is 0 Å². The summed E-state index contributed by atoms with van der Waals surface area (Å²) in [6.45, 7) is 6.39. The molecule has 1 aromatic heterocycles. The van der Waals surface area contributed by atoms with Crippen LogP contribution in [0.3, 0.4) is 0 Å². The summed E-state index contributed by atoms with van der Waals surface area (Å²) >= 11 is 1.69. The van der Waals surface area contributed by atoms with Crippen molar-refractivity contribution in [2.45, 2.75) is 33.2 Å². The highest BCUT2D eigenvalue weighted by Gasteiger charge is 2.19. The average molecular weight is 357 g/mol. The minimum Gasteiger partial charge on any atom is -1.00 e. The summed E-state index contributed by atoms with van der Waals surface area (Å²) in [5.74, 6) is 0.220. The number of halogens is 1. The van der Waals surface area contributed by atoms with Gasteiger partial charge in [0.05, 0.1) is 0 Å². The second-order valence-corrected chi connectivity index (χ2v) is 5.59. The fraction of sp³-hybridized carbons (Fsp3) is 0.467. The van der Waals surface area contributed by atoms with Crippen LogP contribution >= 0.6 is 11.3 Å². The Morgan fingerprint density at radius 2 is 1.85 bits per heavy atom. The molecule has 0 unspecified atom stereocenters. The van der Waals surface area contributed by atoms with Gasteiger partial charge in [-0.15, -0.1) is 0 Å². The van der Waals surface area contributed by atoms with E-state index in [-0.39, 0.29) is 22.9 Å². The minimum atomic E-state index is 0. The summed E-state index contributed by atoms with van der Waals surface area (Å²) in [6, 6.07) is 8.22. The lowest BCUT2D eigenvalue weighted by Crippen LogP contribution is -3.00. The molecule has 1 amide bonds. The fourth-order valence-electron chi connectivity index (χ4n) is 2.24. The van der Waals surface area contributed by atoms with E-state index in [4.69, 9.17) is 0 Å². The highest BCUT2D eigenvalue weighted by atomic mass is 79.9. The van der Waals surface area contributed by atoms with Gasteiger partial charge in [-0.3, -0.25) is 4.79 Å². The summed E-state index contributed by atoms with van der Waals surface area (Å²) in [5, 5.41) is 0. The molecule has 0 bridgehead atoms. The third-order valence-electron chi connectivity index (χ3n) is 3.13. The molecular formula is C15H21BrN2OS. The van der Waals surface area contributed by atoms with Crippen molar-refractivity contribution < 1.29 is 26.3 Å². The van der Waals surface area contributed by atoms with Gasteiger partial charge in [0, 0.05) is 19.2 Å². The van der Waals surface area contributed by atoms with Crippen molar-refractivity contribution in [2.75, 3.05) is 13.1 Å². The van der Waals surface area contributed by atoms with Gasteiger partial charge in [0.15, 0.2) is 0 Å². The number of aromatic nitrogens is 1. The Balaban J connectivity index is 0.00000200. The number of carbonyl (C=O) groups is 1. The molecule has 5 heteroatoms. The van der Waals surface area contributed by atoms with Crippen LogP contribution in [0.5, 0.6) is 0 Å². The standard InChI is InChI=1S/C15H21N2OS.BrH/c1-3-9-16(10-4-2)15(18)11-17-12-19-14-8-6-5-7-13(14)17;/h5-8,12H,3-4,9-11H2,1-2H3;1H/q+1;/p-1. The topological polar surface area (TPSA) is 24.2 Å². The van der Waals surface area contributed by atoms with E-state index in [9.17, 15) is 4.79 Å². The summed E-state index contributed by atoms with van der Waals surface area (Å²) in [4.78, 5) is 14.3. The van der Waals surface area contributed by atoms with E-state index in [0.29, 0.717) is 6.54 Å². The molecule has 0 N–H and O–H groups in total. The van der Waals surface area contributed by atoms with Gasteiger partial charge in [-0.1, -0.05) is 37.3 Å². The Labute approximate surface area is 135 Å². The lowest BCUT2D eigenvalue weighted by Gasteiger charge is -2.19. The number of benzene rings is 1. The Bertz CT molecular complexity index is 550. The molecule has 0 radical (unpaired) electrons. The molecule has 0 fully saturated rings. The zero-order valence-corrected chi connectivity index (χ0v) is 14.4. The van der Waals surface area contributed by atoms with E-state index in [0.717, 1.165) is 31.4 Å². The van der Waals surface area contributed by atoms with Gasteiger partial charge in [-0.25, -0.2) is 0 Å². The van der Waals surface area contributed by atoms with E-state index in [1.54, 1.807) is 11.3 Å². The second kappa shape index (κ2) is 8.37. The average Bonchev–Trinajstić information content (AvgIpc) is 2.82. The van der Waals surface area contributed by atoms with Crippen LogP contribution in [0.4, 0.5) is 0 Å². The minimum absolute atomic E-state index is 0. The molecular weight excluding hydrogens is 336 g/mol. The maximum absolute atomic E-state index is 12.3. The van der Waals surface area contributed by atoms with Crippen LogP contribution in [0, 0.1) is 0 Å². The predicted molar refractivity (Wildman–Crippen MR) is 79.2 cm³/mol. The molecule has 0 aliphatic carbocycles. The van der Waals surface area contributed by atoms with Gasteiger partial charge in [0.2, 0.25) is 17.6 Å². The summed E-state index contributed by atoms with van der Waals surface area (Å²) in [5.41, 5.74) is 3.19. The number of carbonyl (C=O) groups excluding carboxylic acids is 1. The molecule has 110 valence electrons. The summed E-state index contributed by atoms with van der Waals surface area (Å²) in [6.07, 6.45) is 2.03. The normalized spacial score (nSPS) is 10.3. The van der Waals surface area contributed by atoms with Crippen molar-refractivity contribution in [1.82, 2.24) is 4.90 Å². The first-order chi connectivity index (χ1) is 9.26. The molecule has 2 aromatic rings. The first-order valence-electron chi connectivity index (χ1n) is 6.89. The van der Waals surface area contributed by atoms with E-state index in [1.165, 1.54) is 4.70 Å². The smallest absolute Gasteiger partial charge is 0.288 e. The molecule has 0 saturated carbocycles. The fourth-order valence-corrected chi connectivity index (χ4v) is 3.13. The number of hydrogen-bond donors (Lipinski definition) is 0. The molecule has 1 aromatic carbocycles.